The SMILES string of the molecule is Cc1cnc(C(=O)NCC(O)COc2ccc(C(F)(F)F)cc2)cn1. The maximum Gasteiger partial charge on any atom is 0.416 e. The third kappa shape index (κ3) is 5.71. The molecule has 9 heteroatoms. The Bertz CT molecular complexity index is 703. The molecule has 0 spiro atoms. The Labute approximate surface area is 141 Å². The van der Waals surface area contributed by atoms with Gasteiger partial charge in [-0.2, -0.15) is 13.2 Å². The van der Waals surface area contributed by atoms with Crippen LogP contribution in [-0.4, -0.2) is 40.2 Å². The first kappa shape index (κ1) is 18.7. The van der Waals surface area contributed by atoms with E-state index in [-0.39, 0.29) is 24.6 Å². The molecule has 25 heavy (non-hydrogen) atoms. The third-order valence-electron chi connectivity index (χ3n) is 3.14. The number of nitrogens with one attached hydrogen (secondary N) is 1. The van der Waals surface area contributed by atoms with E-state index in [0.29, 0.717) is 5.69 Å². The number of hydrogen-bond donors (Lipinski definition) is 2. The number of nitrogens with zero attached hydrogens (tertiary/aromatic N) is 2. The molecule has 2 N–H and O–H groups in total. The van der Waals surface area contributed by atoms with Crippen molar-refractivity contribution in [2.24, 2.45) is 0 Å². The number of aliphatic hydroxyl groups excluding tert-OH is 1. The number of aliphatic hydroxyl groups is 1. The van der Waals surface area contributed by atoms with Gasteiger partial charge in [-0.3, -0.25) is 9.78 Å². The lowest BCUT2D eigenvalue weighted by Gasteiger charge is -2.14. The average Bonchev–Trinajstić information content (AvgIpc) is 2.58. The zero-order valence-corrected chi connectivity index (χ0v) is 13.2. The summed E-state index contributed by atoms with van der Waals surface area (Å²) < 4.78 is 42.5. The highest BCUT2D eigenvalue weighted by molar-refractivity contribution is 5.91. The van der Waals surface area contributed by atoms with Gasteiger partial charge in [0.25, 0.3) is 5.91 Å². The molecule has 0 fully saturated rings. The van der Waals surface area contributed by atoms with Crippen LogP contribution in [0.4, 0.5) is 13.2 Å². The molecule has 1 unspecified atom stereocenters. The van der Waals surface area contributed by atoms with E-state index < -0.39 is 23.8 Å². The minimum Gasteiger partial charge on any atom is -0.491 e. The molecule has 0 radical (unpaired) electrons. The lowest BCUT2D eigenvalue weighted by atomic mass is 10.2. The minimum absolute atomic E-state index is 0.102. The third-order valence-corrected chi connectivity index (χ3v) is 3.14. The van der Waals surface area contributed by atoms with Gasteiger partial charge in [-0.25, -0.2) is 4.98 Å². The van der Waals surface area contributed by atoms with Crippen molar-refractivity contribution in [3.8, 4) is 5.75 Å². The van der Waals surface area contributed by atoms with E-state index in [1.54, 1.807) is 6.92 Å². The largest absolute Gasteiger partial charge is 0.491 e. The van der Waals surface area contributed by atoms with Crippen LogP contribution in [0.2, 0.25) is 0 Å². The van der Waals surface area contributed by atoms with Gasteiger partial charge in [0.2, 0.25) is 0 Å². The molecule has 1 atom stereocenters. The highest BCUT2D eigenvalue weighted by Crippen LogP contribution is 2.30. The number of carbonyl (C=O) groups is 1. The van der Waals surface area contributed by atoms with Gasteiger partial charge in [-0.05, 0) is 31.2 Å². The molecule has 0 aliphatic rings. The molecule has 1 aromatic heterocycles. The number of alkyl halides is 3. The van der Waals surface area contributed by atoms with Gasteiger partial charge in [0.1, 0.15) is 24.2 Å². The van der Waals surface area contributed by atoms with Gasteiger partial charge >= 0.3 is 6.18 Å². The van der Waals surface area contributed by atoms with Gasteiger partial charge in [-0.15, -0.1) is 0 Å². The van der Waals surface area contributed by atoms with Gasteiger partial charge < -0.3 is 15.2 Å². The number of benzene rings is 1. The van der Waals surface area contributed by atoms with Crippen molar-refractivity contribution < 1.29 is 27.8 Å². The molecule has 2 aromatic rings. The van der Waals surface area contributed by atoms with Crippen LogP contribution in [0.3, 0.4) is 0 Å². The van der Waals surface area contributed by atoms with Crippen LogP contribution < -0.4 is 10.1 Å². The summed E-state index contributed by atoms with van der Waals surface area (Å²) in [6.45, 7) is 1.44. The first-order valence-corrected chi connectivity index (χ1v) is 7.30. The summed E-state index contributed by atoms with van der Waals surface area (Å²) >= 11 is 0. The fourth-order valence-electron chi connectivity index (χ4n) is 1.80. The summed E-state index contributed by atoms with van der Waals surface area (Å²) in [6, 6.07) is 4.10. The zero-order chi connectivity index (χ0) is 18.4. The van der Waals surface area contributed by atoms with Crippen molar-refractivity contribution in [3.05, 3.63) is 53.6 Å². The highest BCUT2D eigenvalue weighted by atomic mass is 19.4. The molecule has 0 saturated carbocycles. The molecular weight excluding hydrogens is 339 g/mol. The Morgan fingerprint density at radius 2 is 1.92 bits per heavy atom. The second-order valence-corrected chi connectivity index (χ2v) is 5.24. The van der Waals surface area contributed by atoms with Gasteiger partial charge in [0.05, 0.1) is 17.5 Å². The number of ether oxygens (including phenoxy) is 1. The van der Waals surface area contributed by atoms with E-state index >= 15 is 0 Å². The van der Waals surface area contributed by atoms with Crippen LogP contribution >= 0.6 is 0 Å². The Morgan fingerprint density at radius 1 is 1.24 bits per heavy atom. The summed E-state index contributed by atoms with van der Waals surface area (Å²) in [5, 5.41) is 12.2. The van der Waals surface area contributed by atoms with E-state index in [1.165, 1.54) is 12.4 Å². The standard InChI is InChI=1S/C16H16F3N3O3/c1-10-6-21-14(8-20-10)15(24)22-7-12(23)9-25-13-4-2-11(3-5-13)16(17,18)19/h2-6,8,12,23H,7,9H2,1H3,(H,22,24). The molecule has 1 aromatic carbocycles. The summed E-state index contributed by atoms with van der Waals surface area (Å²) in [7, 11) is 0. The molecule has 0 saturated heterocycles. The molecule has 1 heterocycles. The number of aryl methyl sites for hydroxylation is 1. The van der Waals surface area contributed by atoms with E-state index in [0.717, 1.165) is 24.3 Å². The molecule has 134 valence electrons. The highest BCUT2D eigenvalue weighted by Gasteiger charge is 2.30. The van der Waals surface area contributed by atoms with Crippen molar-refractivity contribution in [1.82, 2.24) is 15.3 Å². The van der Waals surface area contributed by atoms with E-state index in [9.17, 15) is 23.1 Å². The van der Waals surface area contributed by atoms with E-state index in [2.05, 4.69) is 15.3 Å². The molecule has 0 aliphatic heterocycles. The summed E-state index contributed by atoms with van der Waals surface area (Å²) in [5.74, 6) is -0.316. The van der Waals surface area contributed by atoms with Gasteiger partial charge in [0.15, 0.2) is 0 Å². The summed E-state index contributed by atoms with van der Waals surface area (Å²) in [5.41, 5.74) is -0.00477. The van der Waals surface area contributed by atoms with E-state index in [1.807, 2.05) is 0 Å². The van der Waals surface area contributed by atoms with Crippen molar-refractivity contribution >= 4 is 5.91 Å². The number of aromatic nitrogens is 2. The molecule has 0 aliphatic carbocycles. The fourth-order valence-corrected chi connectivity index (χ4v) is 1.80. The lowest BCUT2D eigenvalue weighted by molar-refractivity contribution is -0.137. The van der Waals surface area contributed by atoms with Crippen LogP contribution in [0.1, 0.15) is 21.7 Å². The van der Waals surface area contributed by atoms with Crippen molar-refractivity contribution in [3.63, 3.8) is 0 Å². The van der Waals surface area contributed by atoms with Crippen LogP contribution in [0, 0.1) is 6.92 Å². The fraction of sp³-hybridized carbons (Fsp3) is 0.312. The van der Waals surface area contributed by atoms with Crippen LogP contribution in [0.15, 0.2) is 36.7 Å². The van der Waals surface area contributed by atoms with Crippen molar-refractivity contribution in [2.75, 3.05) is 13.2 Å². The Hall–Kier alpha value is -2.68. The predicted octanol–water partition coefficient (Wildman–Crippen LogP) is 1.97. The number of hydrogen-bond acceptors (Lipinski definition) is 5. The predicted molar refractivity (Wildman–Crippen MR) is 82.0 cm³/mol. The number of rotatable bonds is 6. The monoisotopic (exact) mass is 355 g/mol. The summed E-state index contributed by atoms with van der Waals surface area (Å²) in [4.78, 5) is 19.6. The van der Waals surface area contributed by atoms with Gasteiger partial charge in [0, 0.05) is 12.7 Å². The maximum atomic E-state index is 12.4. The second kappa shape index (κ2) is 7.93. The second-order valence-electron chi connectivity index (χ2n) is 5.24. The Morgan fingerprint density at radius 3 is 2.48 bits per heavy atom. The van der Waals surface area contributed by atoms with Gasteiger partial charge in [-0.1, -0.05) is 0 Å². The first-order chi connectivity index (χ1) is 11.8. The molecule has 1 amide bonds. The smallest absolute Gasteiger partial charge is 0.416 e. The normalized spacial score (nSPS) is 12.5. The number of halogens is 3. The van der Waals surface area contributed by atoms with Crippen molar-refractivity contribution in [2.45, 2.75) is 19.2 Å². The Kier molecular flexibility index (Phi) is 5.92. The Balaban J connectivity index is 1.77. The summed E-state index contributed by atoms with van der Waals surface area (Å²) in [6.07, 6.45) is -2.69. The molecule has 0 bridgehead atoms. The van der Waals surface area contributed by atoms with Crippen molar-refractivity contribution in [1.29, 1.82) is 0 Å². The number of carbonyl (C=O) groups excluding carboxylic acids is 1. The molecule has 6 nitrogen and oxygen atoms in total. The van der Waals surface area contributed by atoms with E-state index in [4.69, 9.17) is 4.74 Å². The molecular formula is C16H16F3N3O3. The lowest BCUT2D eigenvalue weighted by Crippen LogP contribution is -2.35. The van der Waals surface area contributed by atoms with Crippen LogP contribution in [-0.2, 0) is 6.18 Å². The number of amides is 1. The maximum absolute atomic E-state index is 12.4. The van der Waals surface area contributed by atoms with Crippen LogP contribution in [0.5, 0.6) is 5.75 Å². The minimum atomic E-state index is -4.42. The quantitative estimate of drug-likeness (QED) is 0.828. The topological polar surface area (TPSA) is 84.3 Å². The molecule has 2 rings (SSSR count). The average molecular weight is 355 g/mol. The zero-order valence-electron chi connectivity index (χ0n) is 13.2. The van der Waals surface area contributed by atoms with Crippen LogP contribution in [0.25, 0.3) is 0 Å². The first-order valence-electron chi connectivity index (χ1n) is 7.30.